The summed E-state index contributed by atoms with van der Waals surface area (Å²) in [5, 5.41) is 8.61. The van der Waals surface area contributed by atoms with Gasteiger partial charge in [0, 0.05) is 38.2 Å². The highest BCUT2D eigenvalue weighted by Gasteiger charge is 2.25. The summed E-state index contributed by atoms with van der Waals surface area (Å²) in [4.78, 5) is 16.0. The fourth-order valence-corrected chi connectivity index (χ4v) is 3.20. The molecule has 7 nitrogen and oxygen atoms in total. The molecule has 0 aliphatic carbocycles. The van der Waals surface area contributed by atoms with Crippen LogP contribution in [0.3, 0.4) is 0 Å². The van der Waals surface area contributed by atoms with Crippen LogP contribution in [0.25, 0.3) is 0 Å². The molecule has 1 amide bonds. The molecular weight excluding hydrogens is 282 g/mol. The molecule has 2 aromatic rings. The third-order valence-electron chi connectivity index (χ3n) is 4.40. The van der Waals surface area contributed by atoms with E-state index in [0.717, 1.165) is 50.8 Å². The van der Waals surface area contributed by atoms with Crippen molar-refractivity contribution < 1.29 is 9.21 Å². The average Bonchev–Trinajstić information content (AvgIpc) is 3.23. The smallest absolute Gasteiger partial charge is 0.223 e. The first kappa shape index (κ1) is 13.5. The molecule has 2 aliphatic heterocycles. The lowest BCUT2D eigenvalue weighted by molar-refractivity contribution is -0.128. The Morgan fingerprint density at radius 3 is 2.91 bits per heavy atom. The number of carbonyl (C=O) groups is 1. The molecule has 7 heteroatoms. The predicted octanol–water partition coefficient (Wildman–Crippen LogP) is 1.01. The number of aromatic nitrogens is 3. The Hall–Kier alpha value is -2.15. The van der Waals surface area contributed by atoms with Crippen LogP contribution in [0.5, 0.6) is 0 Å². The molecule has 1 fully saturated rings. The third kappa shape index (κ3) is 2.52. The molecule has 2 aromatic heterocycles. The van der Waals surface area contributed by atoms with Crippen LogP contribution in [0.15, 0.2) is 23.0 Å². The number of fused-ring (bicyclic) bond motifs is 1. The lowest BCUT2D eigenvalue weighted by atomic mass is 10.2. The summed E-state index contributed by atoms with van der Waals surface area (Å²) in [6, 6.07) is 1.99. The van der Waals surface area contributed by atoms with Gasteiger partial charge in [-0.2, -0.15) is 0 Å². The maximum absolute atomic E-state index is 11.7. The van der Waals surface area contributed by atoms with Gasteiger partial charge in [-0.1, -0.05) is 0 Å². The highest BCUT2D eigenvalue weighted by Crippen LogP contribution is 2.18. The zero-order valence-electron chi connectivity index (χ0n) is 12.4. The van der Waals surface area contributed by atoms with Gasteiger partial charge in [0.25, 0.3) is 0 Å². The van der Waals surface area contributed by atoms with Crippen LogP contribution in [-0.2, 0) is 31.0 Å². The zero-order chi connectivity index (χ0) is 14.9. The Bertz CT molecular complexity index is 664. The largest absolute Gasteiger partial charge is 0.472 e. The van der Waals surface area contributed by atoms with E-state index in [1.165, 1.54) is 5.56 Å². The molecule has 0 saturated carbocycles. The van der Waals surface area contributed by atoms with Crippen LogP contribution in [0.1, 0.15) is 30.1 Å². The number of hydrogen-bond donors (Lipinski definition) is 0. The molecule has 0 unspecified atom stereocenters. The number of furan rings is 1. The minimum atomic E-state index is 0.231. The van der Waals surface area contributed by atoms with Crippen molar-refractivity contribution in [3.05, 3.63) is 35.8 Å². The van der Waals surface area contributed by atoms with E-state index in [2.05, 4.69) is 19.7 Å². The van der Waals surface area contributed by atoms with Gasteiger partial charge < -0.3 is 13.9 Å². The SMILES string of the molecule is O=C1CCCN1Cc1nnc2n1CCN(Cc1ccoc1)C2. The number of hydrogen-bond acceptors (Lipinski definition) is 5. The highest BCUT2D eigenvalue weighted by atomic mass is 16.3. The molecule has 0 radical (unpaired) electrons. The fraction of sp³-hybridized carbons (Fsp3) is 0.533. The van der Waals surface area contributed by atoms with Gasteiger partial charge in [0.15, 0.2) is 5.82 Å². The van der Waals surface area contributed by atoms with Gasteiger partial charge >= 0.3 is 0 Å². The third-order valence-corrected chi connectivity index (χ3v) is 4.40. The number of nitrogens with zero attached hydrogens (tertiary/aromatic N) is 5. The predicted molar refractivity (Wildman–Crippen MR) is 77.5 cm³/mol. The molecule has 2 aliphatic rings. The monoisotopic (exact) mass is 301 g/mol. The first-order valence-electron chi connectivity index (χ1n) is 7.72. The van der Waals surface area contributed by atoms with Crippen molar-refractivity contribution >= 4 is 5.91 Å². The molecule has 22 heavy (non-hydrogen) atoms. The van der Waals surface area contributed by atoms with Crippen LogP contribution in [0.4, 0.5) is 0 Å². The van der Waals surface area contributed by atoms with Gasteiger partial charge in [0.1, 0.15) is 5.82 Å². The normalized spacial score (nSPS) is 18.9. The summed E-state index contributed by atoms with van der Waals surface area (Å²) < 4.78 is 7.28. The Kier molecular flexibility index (Phi) is 3.42. The molecule has 0 atom stereocenters. The van der Waals surface area contributed by atoms with E-state index in [4.69, 9.17) is 4.42 Å². The molecule has 116 valence electrons. The van der Waals surface area contributed by atoms with Gasteiger partial charge in [0.05, 0.1) is 25.6 Å². The van der Waals surface area contributed by atoms with E-state index in [1.54, 1.807) is 12.5 Å². The Balaban J connectivity index is 1.44. The standard InChI is InChI=1S/C15H19N5O2/c21-15-2-1-4-19(15)10-14-17-16-13-9-18(5-6-20(13)14)8-12-3-7-22-11-12/h3,7,11H,1-2,4-6,8-10H2. The van der Waals surface area contributed by atoms with Gasteiger partial charge in [0.2, 0.25) is 5.91 Å². The summed E-state index contributed by atoms with van der Waals surface area (Å²) in [5.74, 6) is 2.12. The molecule has 0 spiro atoms. The van der Waals surface area contributed by atoms with Gasteiger partial charge in [-0.15, -0.1) is 10.2 Å². The maximum atomic E-state index is 11.7. The van der Waals surface area contributed by atoms with Gasteiger partial charge in [-0.3, -0.25) is 9.69 Å². The van der Waals surface area contributed by atoms with Crippen molar-refractivity contribution in [2.45, 2.75) is 39.0 Å². The van der Waals surface area contributed by atoms with Gasteiger partial charge in [-0.25, -0.2) is 0 Å². The van der Waals surface area contributed by atoms with Gasteiger partial charge in [-0.05, 0) is 12.5 Å². The van der Waals surface area contributed by atoms with Crippen LogP contribution >= 0.6 is 0 Å². The summed E-state index contributed by atoms with van der Waals surface area (Å²) in [5.41, 5.74) is 1.18. The Labute approximate surface area is 128 Å². The van der Waals surface area contributed by atoms with E-state index in [1.807, 2.05) is 11.0 Å². The van der Waals surface area contributed by atoms with Crippen molar-refractivity contribution in [2.24, 2.45) is 0 Å². The fourth-order valence-electron chi connectivity index (χ4n) is 3.20. The van der Waals surface area contributed by atoms with Crippen LogP contribution in [0.2, 0.25) is 0 Å². The minimum absolute atomic E-state index is 0.231. The lowest BCUT2D eigenvalue weighted by Gasteiger charge is -2.27. The Morgan fingerprint density at radius 1 is 1.18 bits per heavy atom. The second kappa shape index (κ2) is 5.57. The van der Waals surface area contributed by atoms with E-state index < -0.39 is 0 Å². The maximum Gasteiger partial charge on any atom is 0.223 e. The first-order valence-corrected chi connectivity index (χ1v) is 7.72. The van der Waals surface area contributed by atoms with Crippen molar-refractivity contribution in [3.63, 3.8) is 0 Å². The van der Waals surface area contributed by atoms with Crippen molar-refractivity contribution in [3.8, 4) is 0 Å². The van der Waals surface area contributed by atoms with Crippen LogP contribution in [-0.4, -0.2) is 43.6 Å². The summed E-state index contributed by atoms with van der Waals surface area (Å²) in [6.07, 6.45) is 5.11. The molecule has 0 N–H and O–H groups in total. The van der Waals surface area contributed by atoms with Crippen molar-refractivity contribution in [2.75, 3.05) is 13.1 Å². The van der Waals surface area contributed by atoms with Crippen molar-refractivity contribution in [1.29, 1.82) is 0 Å². The molecule has 4 rings (SSSR count). The topological polar surface area (TPSA) is 67.4 Å². The van der Waals surface area contributed by atoms with E-state index in [9.17, 15) is 4.79 Å². The van der Waals surface area contributed by atoms with E-state index in [-0.39, 0.29) is 5.91 Å². The average molecular weight is 301 g/mol. The number of likely N-dealkylation sites (tertiary alicyclic amines) is 1. The molecule has 0 aromatic carbocycles. The number of amides is 1. The van der Waals surface area contributed by atoms with E-state index >= 15 is 0 Å². The summed E-state index contributed by atoms with van der Waals surface area (Å²) in [7, 11) is 0. The summed E-state index contributed by atoms with van der Waals surface area (Å²) >= 11 is 0. The second-order valence-electron chi connectivity index (χ2n) is 5.95. The van der Waals surface area contributed by atoms with E-state index in [0.29, 0.717) is 13.0 Å². The molecule has 0 bridgehead atoms. The summed E-state index contributed by atoms with van der Waals surface area (Å²) in [6.45, 7) is 4.91. The van der Waals surface area contributed by atoms with Crippen LogP contribution < -0.4 is 0 Å². The first-order chi connectivity index (χ1) is 10.8. The number of rotatable bonds is 4. The number of carbonyl (C=O) groups excluding carboxylic acids is 1. The molecular formula is C15H19N5O2. The Morgan fingerprint density at radius 2 is 2.14 bits per heavy atom. The quantitative estimate of drug-likeness (QED) is 0.843. The molecule has 4 heterocycles. The molecule has 1 saturated heterocycles. The lowest BCUT2D eigenvalue weighted by Crippen LogP contribution is -2.35. The zero-order valence-corrected chi connectivity index (χ0v) is 12.4. The second-order valence-corrected chi connectivity index (χ2v) is 5.95. The van der Waals surface area contributed by atoms with Crippen molar-refractivity contribution in [1.82, 2.24) is 24.6 Å². The van der Waals surface area contributed by atoms with Crippen LogP contribution in [0, 0.1) is 0 Å². The minimum Gasteiger partial charge on any atom is -0.472 e. The highest BCUT2D eigenvalue weighted by molar-refractivity contribution is 5.77.